The Hall–Kier alpha value is -3.13. The van der Waals surface area contributed by atoms with Gasteiger partial charge in [0.1, 0.15) is 11.6 Å². The number of benzene rings is 1. The minimum Gasteiger partial charge on any atom is -0.367 e. The van der Waals surface area contributed by atoms with Crippen molar-refractivity contribution in [2.45, 2.75) is 11.8 Å². The van der Waals surface area contributed by atoms with Crippen LogP contribution in [-0.4, -0.2) is 40.4 Å². The van der Waals surface area contributed by atoms with Crippen LogP contribution in [0.5, 0.6) is 0 Å². The van der Waals surface area contributed by atoms with Gasteiger partial charge in [-0.2, -0.15) is 0 Å². The molecule has 0 aliphatic carbocycles. The highest BCUT2D eigenvalue weighted by Crippen LogP contribution is 2.15. The SMILES string of the molecule is CSc1ccc(C(=O)NCCNc2ccc(Nc3cc(C)ccn3)nn2)cc1. The smallest absolute Gasteiger partial charge is 0.251 e. The summed E-state index contributed by atoms with van der Waals surface area (Å²) in [5.74, 6) is 1.89. The van der Waals surface area contributed by atoms with Crippen LogP contribution >= 0.6 is 11.8 Å². The lowest BCUT2D eigenvalue weighted by atomic mass is 10.2. The van der Waals surface area contributed by atoms with Gasteiger partial charge in [-0.05, 0) is 67.3 Å². The van der Waals surface area contributed by atoms with Crippen LogP contribution in [-0.2, 0) is 0 Å². The number of carbonyl (C=O) groups excluding carboxylic acids is 1. The molecule has 0 bridgehead atoms. The molecule has 0 radical (unpaired) electrons. The van der Waals surface area contributed by atoms with E-state index in [1.165, 1.54) is 0 Å². The van der Waals surface area contributed by atoms with Crippen LogP contribution in [0.1, 0.15) is 15.9 Å². The van der Waals surface area contributed by atoms with Gasteiger partial charge < -0.3 is 16.0 Å². The van der Waals surface area contributed by atoms with E-state index in [9.17, 15) is 4.79 Å². The van der Waals surface area contributed by atoms with Crippen molar-refractivity contribution in [3.63, 3.8) is 0 Å². The number of aromatic nitrogens is 3. The maximum Gasteiger partial charge on any atom is 0.251 e. The molecule has 0 spiro atoms. The first-order valence-corrected chi connectivity index (χ1v) is 10.1. The molecule has 144 valence electrons. The molecule has 3 aromatic rings. The average molecular weight is 395 g/mol. The van der Waals surface area contributed by atoms with Crippen molar-refractivity contribution in [2.24, 2.45) is 0 Å². The second-order valence-electron chi connectivity index (χ2n) is 6.06. The van der Waals surface area contributed by atoms with E-state index in [0.717, 1.165) is 16.3 Å². The zero-order valence-electron chi connectivity index (χ0n) is 15.8. The Morgan fingerprint density at radius 3 is 2.39 bits per heavy atom. The molecule has 8 heteroatoms. The Labute approximate surface area is 168 Å². The Kier molecular flexibility index (Phi) is 6.80. The number of amides is 1. The van der Waals surface area contributed by atoms with Crippen LogP contribution in [0.4, 0.5) is 17.5 Å². The van der Waals surface area contributed by atoms with Crippen molar-refractivity contribution in [2.75, 3.05) is 30.0 Å². The standard InChI is InChI=1S/C20H22N6OS/c1-14-9-10-21-19(13-14)24-18-8-7-17(25-26-18)22-11-12-23-20(27)15-3-5-16(28-2)6-4-15/h3-10,13H,11-12H2,1-2H3,(H,22,25)(H,23,27)(H,21,24,26). The molecule has 3 rings (SSSR count). The molecular formula is C20H22N6OS. The van der Waals surface area contributed by atoms with Gasteiger partial charge in [0.05, 0.1) is 0 Å². The van der Waals surface area contributed by atoms with Crippen molar-refractivity contribution in [1.29, 1.82) is 0 Å². The molecule has 1 aromatic carbocycles. The highest BCUT2D eigenvalue weighted by molar-refractivity contribution is 7.98. The summed E-state index contributed by atoms with van der Waals surface area (Å²) in [5, 5.41) is 17.4. The molecule has 0 saturated heterocycles. The molecule has 1 amide bonds. The summed E-state index contributed by atoms with van der Waals surface area (Å²) < 4.78 is 0. The largest absolute Gasteiger partial charge is 0.367 e. The van der Waals surface area contributed by atoms with E-state index < -0.39 is 0 Å². The molecule has 0 aliphatic heterocycles. The molecule has 2 aromatic heterocycles. The second kappa shape index (κ2) is 9.70. The molecule has 0 fully saturated rings. The molecule has 0 unspecified atom stereocenters. The molecule has 7 nitrogen and oxygen atoms in total. The van der Waals surface area contributed by atoms with E-state index in [0.29, 0.717) is 30.3 Å². The molecule has 28 heavy (non-hydrogen) atoms. The van der Waals surface area contributed by atoms with Crippen LogP contribution in [0.3, 0.4) is 0 Å². The number of thioether (sulfide) groups is 1. The van der Waals surface area contributed by atoms with Gasteiger partial charge in [0.25, 0.3) is 5.91 Å². The lowest BCUT2D eigenvalue weighted by Crippen LogP contribution is -2.28. The maximum atomic E-state index is 12.1. The molecule has 3 N–H and O–H groups in total. The van der Waals surface area contributed by atoms with Gasteiger partial charge in [-0.3, -0.25) is 4.79 Å². The molecule has 0 saturated carbocycles. The number of hydrogen-bond acceptors (Lipinski definition) is 7. The summed E-state index contributed by atoms with van der Waals surface area (Å²) in [6, 6.07) is 15.1. The van der Waals surface area contributed by atoms with Crippen LogP contribution in [0, 0.1) is 6.92 Å². The van der Waals surface area contributed by atoms with E-state index in [2.05, 4.69) is 31.1 Å². The lowest BCUT2D eigenvalue weighted by molar-refractivity contribution is 0.0955. The number of rotatable bonds is 8. The molecule has 2 heterocycles. The Bertz CT molecular complexity index is 915. The van der Waals surface area contributed by atoms with Crippen LogP contribution in [0.2, 0.25) is 0 Å². The van der Waals surface area contributed by atoms with Crippen molar-refractivity contribution >= 4 is 35.1 Å². The Morgan fingerprint density at radius 1 is 0.964 bits per heavy atom. The fourth-order valence-corrected chi connectivity index (χ4v) is 2.85. The first-order valence-electron chi connectivity index (χ1n) is 8.83. The summed E-state index contributed by atoms with van der Waals surface area (Å²) in [7, 11) is 0. The van der Waals surface area contributed by atoms with Gasteiger partial charge in [-0.1, -0.05) is 0 Å². The number of nitrogens with one attached hydrogen (secondary N) is 3. The van der Waals surface area contributed by atoms with Gasteiger partial charge >= 0.3 is 0 Å². The van der Waals surface area contributed by atoms with Crippen molar-refractivity contribution < 1.29 is 4.79 Å². The van der Waals surface area contributed by atoms with Gasteiger partial charge in [0, 0.05) is 29.7 Å². The lowest BCUT2D eigenvalue weighted by Gasteiger charge is -2.08. The van der Waals surface area contributed by atoms with Gasteiger partial charge in [-0.15, -0.1) is 22.0 Å². The number of pyridine rings is 1. The first kappa shape index (κ1) is 19.6. The minimum atomic E-state index is -0.0919. The number of anilines is 3. The Morgan fingerprint density at radius 2 is 1.71 bits per heavy atom. The third-order valence-electron chi connectivity index (χ3n) is 3.91. The third kappa shape index (κ3) is 5.68. The van der Waals surface area contributed by atoms with Gasteiger partial charge in [-0.25, -0.2) is 4.98 Å². The fourth-order valence-electron chi connectivity index (χ4n) is 2.44. The average Bonchev–Trinajstić information content (AvgIpc) is 2.72. The van der Waals surface area contributed by atoms with Crippen molar-refractivity contribution in [3.8, 4) is 0 Å². The Balaban J connectivity index is 1.42. The van der Waals surface area contributed by atoms with Crippen molar-refractivity contribution in [3.05, 3.63) is 65.9 Å². The topological polar surface area (TPSA) is 91.8 Å². The van der Waals surface area contributed by atoms with E-state index in [4.69, 9.17) is 0 Å². The normalized spacial score (nSPS) is 10.4. The second-order valence-corrected chi connectivity index (χ2v) is 6.94. The van der Waals surface area contributed by atoms with Gasteiger partial charge in [0.15, 0.2) is 5.82 Å². The summed E-state index contributed by atoms with van der Waals surface area (Å²) in [6.07, 6.45) is 3.75. The highest BCUT2D eigenvalue weighted by atomic mass is 32.2. The minimum absolute atomic E-state index is 0.0919. The fraction of sp³-hybridized carbons (Fsp3) is 0.200. The monoisotopic (exact) mass is 394 g/mol. The van der Waals surface area contributed by atoms with Crippen LogP contribution in [0.15, 0.2) is 59.6 Å². The number of hydrogen-bond donors (Lipinski definition) is 3. The maximum absolute atomic E-state index is 12.1. The summed E-state index contributed by atoms with van der Waals surface area (Å²) >= 11 is 1.65. The number of aryl methyl sites for hydroxylation is 1. The summed E-state index contributed by atoms with van der Waals surface area (Å²) in [5.41, 5.74) is 1.77. The van der Waals surface area contributed by atoms with E-state index in [-0.39, 0.29) is 5.91 Å². The quantitative estimate of drug-likeness (QED) is 0.398. The van der Waals surface area contributed by atoms with Crippen LogP contribution < -0.4 is 16.0 Å². The van der Waals surface area contributed by atoms with Gasteiger partial charge in [0.2, 0.25) is 0 Å². The zero-order chi connectivity index (χ0) is 19.8. The third-order valence-corrected chi connectivity index (χ3v) is 4.65. The van der Waals surface area contributed by atoms with E-state index in [1.807, 2.05) is 61.7 Å². The molecular weight excluding hydrogens is 372 g/mol. The predicted molar refractivity (Wildman–Crippen MR) is 113 cm³/mol. The predicted octanol–water partition coefficient (Wildman–Crippen LogP) is 3.49. The highest BCUT2D eigenvalue weighted by Gasteiger charge is 2.05. The zero-order valence-corrected chi connectivity index (χ0v) is 16.6. The van der Waals surface area contributed by atoms with Crippen molar-refractivity contribution in [1.82, 2.24) is 20.5 Å². The number of carbonyl (C=O) groups is 1. The first-order chi connectivity index (χ1) is 13.6. The van der Waals surface area contributed by atoms with E-state index in [1.54, 1.807) is 18.0 Å². The molecule has 0 atom stereocenters. The van der Waals surface area contributed by atoms with Crippen LogP contribution in [0.25, 0.3) is 0 Å². The number of nitrogens with zero attached hydrogens (tertiary/aromatic N) is 3. The molecule has 0 aliphatic rings. The van der Waals surface area contributed by atoms with E-state index >= 15 is 0 Å². The summed E-state index contributed by atoms with van der Waals surface area (Å²) in [4.78, 5) is 17.5. The summed E-state index contributed by atoms with van der Waals surface area (Å²) in [6.45, 7) is 3.04.